The van der Waals surface area contributed by atoms with Crippen LogP contribution in [-0.4, -0.2) is 62.7 Å². The largest absolute Gasteiger partial charge is 0.482 e. The van der Waals surface area contributed by atoms with E-state index in [-0.39, 0.29) is 10.7 Å². The van der Waals surface area contributed by atoms with E-state index < -0.39 is 37.3 Å². The van der Waals surface area contributed by atoms with Crippen LogP contribution in [0.1, 0.15) is 5.56 Å². The number of hydrogen-bond donors (Lipinski definition) is 5. The molecule has 0 spiro atoms. The number of nitrogens with two attached hydrogens (primary N) is 1. The second-order valence-corrected chi connectivity index (χ2v) is 5.11. The van der Waals surface area contributed by atoms with Gasteiger partial charge in [-0.3, -0.25) is 0 Å². The summed E-state index contributed by atoms with van der Waals surface area (Å²) in [6.07, 6.45) is -6.66. The predicted octanol–water partition coefficient (Wildman–Crippen LogP) is -1.50. The van der Waals surface area contributed by atoms with Gasteiger partial charge in [0.2, 0.25) is 0 Å². The monoisotopic (exact) mass is 315 g/mol. The van der Waals surface area contributed by atoms with Crippen molar-refractivity contribution >= 4 is 17.2 Å². The van der Waals surface area contributed by atoms with Crippen molar-refractivity contribution in [1.29, 1.82) is 0 Å². The van der Waals surface area contributed by atoms with Crippen LogP contribution in [0.25, 0.3) is 0 Å². The molecule has 2 rings (SSSR count). The highest BCUT2D eigenvalue weighted by Crippen LogP contribution is 2.26. The molecule has 1 saturated heterocycles. The van der Waals surface area contributed by atoms with Crippen LogP contribution in [0.15, 0.2) is 24.3 Å². The Hall–Kier alpha value is -1.29. The fourth-order valence-corrected chi connectivity index (χ4v) is 2.29. The molecule has 116 valence electrons. The van der Waals surface area contributed by atoms with Gasteiger partial charge in [-0.2, -0.15) is 0 Å². The fraction of sp³-hybridized carbons (Fsp3) is 0.462. The van der Waals surface area contributed by atoms with Crippen LogP contribution >= 0.6 is 12.2 Å². The van der Waals surface area contributed by atoms with Crippen LogP contribution in [0.5, 0.6) is 5.75 Å². The number of ether oxygens (including phenoxy) is 2. The first-order chi connectivity index (χ1) is 9.95. The minimum atomic E-state index is -1.51. The molecule has 5 atom stereocenters. The van der Waals surface area contributed by atoms with Gasteiger partial charge < -0.3 is 35.6 Å². The fourth-order valence-electron chi connectivity index (χ4n) is 2.12. The van der Waals surface area contributed by atoms with E-state index in [1.54, 1.807) is 24.3 Å². The summed E-state index contributed by atoms with van der Waals surface area (Å²) in [5.41, 5.74) is 6.01. The average Bonchev–Trinajstić information content (AvgIpc) is 2.47. The highest BCUT2D eigenvalue weighted by molar-refractivity contribution is 7.80. The Morgan fingerprint density at radius 2 is 1.90 bits per heavy atom. The van der Waals surface area contributed by atoms with Gasteiger partial charge in [0.05, 0.1) is 12.2 Å². The van der Waals surface area contributed by atoms with Gasteiger partial charge >= 0.3 is 0 Å². The lowest BCUT2D eigenvalue weighted by molar-refractivity contribution is -0.280. The quantitative estimate of drug-likeness (QED) is 0.425. The zero-order chi connectivity index (χ0) is 15.6. The number of aliphatic hydroxyl groups excluding tert-OH is 4. The van der Waals surface area contributed by atoms with Gasteiger partial charge in [-0.1, -0.05) is 24.4 Å². The Morgan fingerprint density at radius 3 is 2.52 bits per heavy atom. The number of rotatable bonds is 4. The van der Waals surface area contributed by atoms with Gasteiger partial charge in [0.15, 0.2) is 12.4 Å². The minimum absolute atomic E-state index is 0.0973. The molecule has 0 radical (unpaired) electrons. The molecule has 1 heterocycles. The molecule has 1 fully saturated rings. The van der Waals surface area contributed by atoms with Crippen molar-refractivity contribution < 1.29 is 29.9 Å². The highest BCUT2D eigenvalue weighted by Gasteiger charge is 2.45. The molecule has 7 nitrogen and oxygen atoms in total. The topological polar surface area (TPSA) is 125 Å². The van der Waals surface area contributed by atoms with Crippen molar-refractivity contribution in [2.45, 2.75) is 30.7 Å². The van der Waals surface area contributed by atoms with Gasteiger partial charge in [0.1, 0.15) is 29.0 Å². The molecule has 1 aromatic rings. The van der Waals surface area contributed by atoms with Crippen molar-refractivity contribution in [3.05, 3.63) is 29.8 Å². The van der Waals surface area contributed by atoms with Gasteiger partial charge in [0, 0.05) is 0 Å². The first-order valence-electron chi connectivity index (χ1n) is 6.31. The summed E-state index contributed by atoms with van der Waals surface area (Å²) < 4.78 is 10.5. The first kappa shape index (κ1) is 16.1. The summed E-state index contributed by atoms with van der Waals surface area (Å²) in [4.78, 5) is 0.0973. The number of benzene rings is 1. The molecule has 0 unspecified atom stereocenters. The highest BCUT2D eigenvalue weighted by atomic mass is 32.1. The molecule has 1 aliphatic heterocycles. The summed E-state index contributed by atoms with van der Waals surface area (Å²) in [5.74, 6) is 0.256. The maximum absolute atomic E-state index is 10.0. The van der Waals surface area contributed by atoms with Gasteiger partial charge in [-0.15, -0.1) is 0 Å². The Kier molecular flexibility index (Phi) is 5.09. The molecule has 0 aliphatic carbocycles. The maximum Gasteiger partial charge on any atom is 0.195 e. The molecule has 0 saturated carbocycles. The number of thiocarbonyl (C=S) groups is 1. The maximum atomic E-state index is 10.0. The Bertz CT molecular complexity index is 513. The van der Waals surface area contributed by atoms with E-state index in [2.05, 4.69) is 0 Å². The van der Waals surface area contributed by atoms with Crippen molar-refractivity contribution in [3.63, 3.8) is 0 Å². The molecule has 8 heteroatoms. The molecular formula is C13H17NO6S. The van der Waals surface area contributed by atoms with Gasteiger partial charge in [-0.05, 0) is 12.1 Å². The minimum Gasteiger partial charge on any atom is -0.482 e. The van der Waals surface area contributed by atoms with E-state index in [1.165, 1.54) is 0 Å². The third kappa shape index (κ3) is 3.31. The number of hydrogen-bond acceptors (Lipinski definition) is 7. The van der Waals surface area contributed by atoms with Gasteiger partial charge in [0.25, 0.3) is 0 Å². The van der Waals surface area contributed by atoms with Crippen molar-refractivity contribution in [3.8, 4) is 5.75 Å². The van der Waals surface area contributed by atoms with E-state index in [1.807, 2.05) is 0 Å². The van der Waals surface area contributed by atoms with Crippen molar-refractivity contribution in [2.75, 3.05) is 6.61 Å². The molecule has 1 aliphatic rings. The molecule has 21 heavy (non-hydrogen) atoms. The SMILES string of the molecule is NC(=S)c1ccccc1O[C@H]1[C@@H](O)[C@H](O)[C@@H](CO)O[C@@H]1O. The van der Waals surface area contributed by atoms with Crippen LogP contribution < -0.4 is 10.5 Å². The molecule has 0 aromatic heterocycles. The zero-order valence-electron chi connectivity index (χ0n) is 11.0. The Labute approximate surface area is 126 Å². The molecular weight excluding hydrogens is 298 g/mol. The first-order valence-corrected chi connectivity index (χ1v) is 6.72. The van der Waals surface area contributed by atoms with Crippen LogP contribution in [-0.2, 0) is 4.74 Å². The predicted molar refractivity (Wildman–Crippen MR) is 76.7 cm³/mol. The van der Waals surface area contributed by atoms with E-state index >= 15 is 0 Å². The molecule has 1 aromatic carbocycles. The van der Waals surface area contributed by atoms with Crippen LogP contribution in [0.2, 0.25) is 0 Å². The van der Waals surface area contributed by atoms with Crippen molar-refractivity contribution in [1.82, 2.24) is 0 Å². The number of aliphatic hydroxyl groups is 4. The van der Waals surface area contributed by atoms with E-state index in [4.69, 9.17) is 32.5 Å². The standard InChI is InChI=1S/C13H17NO6S/c14-12(21)6-3-1-2-4-7(6)19-11-10(17)9(16)8(5-15)20-13(11)18/h1-4,8-11,13,15-18H,5H2,(H2,14,21)/t8-,9-,10+,11+,13+/m1/s1. The molecule has 0 amide bonds. The summed E-state index contributed by atoms with van der Waals surface area (Å²) in [6.45, 7) is -0.536. The van der Waals surface area contributed by atoms with Crippen LogP contribution in [0.3, 0.4) is 0 Å². The molecule has 6 N–H and O–H groups in total. The van der Waals surface area contributed by atoms with E-state index in [0.717, 1.165) is 0 Å². The third-order valence-electron chi connectivity index (χ3n) is 3.26. The summed E-state index contributed by atoms with van der Waals surface area (Å²) in [7, 11) is 0. The lowest BCUT2D eigenvalue weighted by Gasteiger charge is -2.40. The second-order valence-electron chi connectivity index (χ2n) is 4.67. The normalized spacial score (nSPS) is 32.7. The lowest BCUT2D eigenvalue weighted by atomic mass is 9.99. The number of para-hydroxylation sites is 1. The Balaban J connectivity index is 2.21. The Morgan fingerprint density at radius 1 is 1.24 bits per heavy atom. The summed E-state index contributed by atoms with van der Waals surface area (Å²) in [5, 5.41) is 38.7. The lowest BCUT2D eigenvalue weighted by Crippen LogP contribution is -2.60. The van der Waals surface area contributed by atoms with Crippen LogP contribution in [0.4, 0.5) is 0 Å². The third-order valence-corrected chi connectivity index (χ3v) is 3.48. The van der Waals surface area contributed by atoms with Crippen LogP contribution in [0, 0.1) is 0 Å². The van der Waals surface area contributed by atoms with Crippen molar-refractivity contribution in [2.24, 2.45) is 5.73 Å². The molecule has 0 bridgehead atoms. The summed E-state index contributed by atoms with van der Waals surface area (Å²) in [6, 6.07) is 6.58. The van der Waals surface area contributed by atoms with E-state index in [9.17, 15) is 15.3 Å². The average molecular weight is 315 g/mol. The zero-order valence-corrected chi connectivity index (χ0v) is 11.8. The van der Waals surface area contributed by atoms with E-state index in [0.29, 0.717) is 5.56 Å². The van der Waals surface area contributed by atoms with Gasteiger partial charge in [-0.25, -0.2) is 0 Å². The second kappa shape index (κ2) is 6.65. The summed E-state index contributed by atoms with van der Waals surface area (Å²) >= 11 is 4.90. The smallest absolute Gasteiger partial charge is 0.195 e.